The fourth-order valence-corrected chi connectivity index (χ4v) is 2.20. The molecule has 3 amide bonds. The summed E-state index contributed by atoms with van der Waals surface area (Å²) in [4.78, 5) is 47.7. The van der Waals surface area contributed by atoms with Gasteiger partial charge < -0.3 is 19.2 Å². The molecule has 2 heterocycles. The first-order chi connectivity index (χ1) is 12.5. The van der Waals surface area contributed by atoms with Gasteiger partial charge in [0.2, 0.25) is 0 Å². The molecule has 1 N–H and O–H groups in total. The van der Waals surface area contributed by atoms with Crippen molar-refractivity contribution in [1.82, 2.24) is 4.90 Å². The molecule has 134 valence electrons. The average molecular weight is 358 g/mol. The van der Waals surface area contributed by atoms with Crippen molar-refractivity contribution in [3.63, 3.8) is 0 Å². The number of imide groups is 1. The van der Waals surface area contributed by atoms with E-state index in [9.17, 15) is 19.2 Å². The van der Waals surface area contributed by atoms with Crippen LogP contribution in [0.5, 0.6) is 0 Å². The van der Waals surface area contributed by atoms with Crippen LogP contribution in [0.25, 0.3) is 0 Å². The van der Waals surface area contributed by atoms with Gasteiger partial charge >= 0.3 is 12.1 Å². The largest absolute Gasteiger partial charge is 0.459 e. The fourth-order valence-electron chi connectivity index (χ4n) is 2.20. The fraction of sp³-hybridized carbons (Fsp3) is 0.176. The molecule has 1 saturated heterocycles. The summed E-state index contributed by atoms with van der Waals surface area (Å²) in [6.45, 7) is -0.298. The monoisotopic (exact) mass is 358 g/mol. The number of esters is 1. The highest BCUT2D eigenvalue weighted by atomic mass is 16.6. The van der Waals surface area contributed by atoms with E-state index in [4.69, 9.17) is 9.15 Å². The van der Waals surface area contributed by atoms with Gasteiger partial charge in [0.05, 0.1) is 18.4 Å². The van der Waals surface area contributed by atoms with Crippen LogP contribution in [0.2, 0.25) is 0 Å². The summed E-state index contributed by atoms with van der Waals surface area (Å²) >= 11 is 0. The zero-order chi connectivity index (χ0) is 18.5. The van der Waals surface area contributed by atoms with Gasteiger partial charge in [0.15, 0.2) is 12.4 Å². The smallest absolute Gasteiger partial charge is 0.416 e. The zero-order valence-electron chi connectivity index (χ0n) is 13.5. The van der Waals surface area contributed by atoms with Gasteiger partial charge in [0.1, 0.15) is 6.61 Å². The van der Waals surface area contributed by atoms with Crippen molar-refractivity contribution in [2.75, 3.05) is 25.1 Å². The number of ether oxygens (including phenoxy) is 2. The van der Waals surface area contributed by atoms with E-state index in [1.165, 1.54) is 36.6 Å². The molecule has 0 unspecified atom stereocenters. The number of hydrogen-bond donors (Lipinski definition) is 1. The van der Waals surface area contributed by atoms with E-state index in [-0.39, 0.29) is 24.5 Å². The topological polar surface area (TPSA) is 115 Å². The molecule has 0 aliphatic carbocycles. The second-order valence-electron chi connectivity index (χ2n) is 5.24. The summed E-state index contributed by atoms with van der Waals surface area (Å²) in [6, 6.07) is 9.02. The van der Waals surface area contributed by atoms with Crippen LogP contribution in [0.4, 0.5) is 10.5 Å². The maximum absolute atomic E-state index is 12.0. The van der Waals surface area contributed by atoms with Crippen molar-refractivity contribution < 1.29 is 33.1 Å². The molecular formula is C17H14N2O7. The van der Waals surface area contributed by atoms with Crippen molar-refractivity contribution in [3.8, 4) is 0 Å². The van der Waals surface area contributed by atoms with Gasteiger partial charge in [-0.25, -0.2) is 14.5 Å². The van der Waals surface area contributed by atoms with Crippen LogP contribution in [-0.4, -0.2) is 48.5 Å². The summed E-state index contributed by atoms with van der Waals surface area (Å²) in [5, 5.41) is 2.61. The standard InChI is InChI=1S/C17H14N2O7/c20-14(19-7-9-25-17(19)23)10-26-16(22)11-3-5-12(6-4-11)18-15(21)13-2-1-8-24-13/h1-6,8H,7,9-10H2,(H,18,21). The maximum atomic E-state index is 12.0. The molecule has 9 heteroatoms. The minimum atomic E-state index is -0.747. The average Bonchev–Trinajstić information content (AvgIpc) is 3.31. The summed E-state index contributed by atoms with van der Waals surface area (Å²) in [5.41, 5.74) is 0.650. The van der Waals surface area contributed by atoms with Crippen molar-refractivity contribution in [2.45, 2.75) is 0 Å². The van der Waals surface area contributed by atoms with Crippen molar-refractivity contribution in [1.29, 1.82) is 0 Å². The molecule has 2 aromatic rings. The third kappa shape index (κ3) is 3.89. The van der Waals surface area contributed by atoms with Gasteiger partial charge in [-0.3, -0.25) is 9.59 Å². The predicted molar refractivity (Wildman–Crippen MR) is 86.4 cm³/mol. The summed E-state index contributed by atoms with van der Waals surface area (Å²) in [6.07, 6.45) is 0.639. The third-order valence-electron chi connectivity index (χ3n) is 3.51. The number of benzene rings is 1. The van der Waals surface area contributed by atoms with Crippen LogP contribution in [-0.2, 0) is 14.3 Å². The number of cyclic esters (lactones) is 1. The van der Waals surface area contributed by atoms with Gasteiger partial charge in [-0.2, -0.15) is 0 Å². The zero-order valence-corrected chi connectivity index (χ0v) is 13.5. The van der Waals surface area contributed by atoms with Gasteiger partial charge in [-0.15, -0.1) is 0 Å². The minimum absolute atomic E-state index is 0.129. The number of carbonyl (C=O) groups excluding carboxylic acids is 4. The van der Waals surface area contributed by atoms with Crippen molar-refractivity contribution in [2.24, 2.45) is 0 Å². The molecule has 9 nitrogen and oxygen atoms in total. The van der Waals surface area contributed by atoms with Crippen LogP contribution in [0.1, 0.15) is 20.9 Å². The van der Waals surface area contributed by atoms with E-state index >= 15 is 0 Å². The Morgan fingerprint density at radius 3 is 2.54 bits per heavy atom. The Bertz CT molecular complexity index is 827. The lowest BCUT2D eigenvalue weighted by atomic mass is 10.2. The van der Waals surface area contributed by atoms with Gasteiger partial charge in [-0.05, 0) is 36.4 Å². The number of hydrogen-bond acceptors (Lipinski definition) is 7. The molecule has 0 radical (unpaired) electrons. The first-order valence-electron chi connectivity index (χ1n) is 7.64. The predicted octanol–water partition coefficient (Wildman–Crippen LogP) is 1.67. The number of rotatable bonds is 5. The number of nitrogens with one attached hydrogen (secondary N) is 1. The van der Waals surface area contributed by atoms with Crippen LogP contribution >= 0.6 is 0 Å². The number of furan rings is 1. The number of nitrogens with zero attached hydrogens (tertiary/aromatic N) is 1. The van der Waals surface area contributed by atoms with E-state index in [1.54, 1.807) is 6.07 Å². The first-order valence-corrected chi connectivity index (χ1v) is 7.64. The molecule has 0 bridgehead atoms. The van der Waals surface area contributed by atoms with Crippen LogP contribution < -0.4 is 5.32 Å². The molecule has 0 spiro atoms. The molecule has 0 saturated carbocycles. The van der Waals surface area contributed by atoms with Gasteiger partial charge in [-0.1, -0.05) is 0 Å². The highest BCUT2D eigenvalue weighted by molar-refractivity contribution is 6.02. The SMILES string of the molecule is O=C(OCC(=O)N1CCOC1=O)c1ccc(NC(=O)c2ccco2)cc1. The Morgan fingerprint density at radius 1 is 1.15 bits per heavy atom. The second kappa shape index (κ2) is 7.51. The lowest BCUT2D eigenvalue weighted by Crippen LogP contribution is -2.35. The van der Waals surface area contributed by atoms with E-state index in [0.29, 0.717) is 5.69 Å². The van der Waals surface area contributed by atoms with Gasteiger partial charge in [0.25, 0.3) is 11.8 Å². The Labute approximate surface area is 147 Å². The summed E-state index contributed by atoms with van der Waals surface area (Å²) in [7, 11) is 0. The molecule has 1 aromatic carbocycles. The lowest BCUT2D eigenvalue weighted by Gasteiger charge is -2.11. The summed E-state index contributed by atoms with van der Waals surface area (Å²) in [5.74, 6) is -1.64. The number of carbonyl (C=O) groups is 4. The Balaban J connectivity index is 1.52. The number of amides is 3. The molecule has 1 aromatic heterocycles. The molecule has 1 aliphatic rings. The Hall–Kier alpha value is -3.62. The normalized spacial score (nSPS) is 13.2. The quantitative estimate of drug-likeness (QED) is 0.808. The molecule has 1 fully saturated rings. The maximum Gasteiger partial charge on any atom is 0.416 e. The molecular weight excluding hydrogens is 344 g/mol. The lowest BCUT2D eigenvalue weighted by molar-refractivity contribution is -0.131. The Kier molecular flexibility index (Phi) is 4.97. The Morgan fingerprint density at radius 2 is 1.92 bits per heavy atom. The first kappa shape index (κ1) is 17.2. The molecule has 1 aliphatic heterocycles. The van der Waals surface area contributed by atoms with Crippen LogP contribution in [0, 0.1) is 0 Å². The van der Waals surface area contributed by atoms with E-state index < -0.39 is 30.5 Å². The third-order valence-corrected chi connectivity index (χ3v) is 3.51. The second-order valence-corrected chi connectivity index (χ2v) is 5.24. The molecule has 0 atom stereocenters. The number of anilines is 1. The summed E-state index contributed by atoms with van der Waals surface area (Å²) < 4.78 is 14.5. The van der Waals surface area contributed by atoms with Crippen molar-refractivity contribution in [3.05, 3.63) is 54.0 Å². The highest BCUT2D eigenvalue weighted by Crippen LogP contribution is 2.13. The van der Waals surface area contributed by atoms with Gasteiger partial charge in [0, 0.05) is 5.69 Å². The van der Waals surface area contributed by atoms with Crippen LogP contribution in [0.3, 0.4) is 0 Å². The highest BCUT2D eigenvalue weighted by Gasteiger charge is 2.29. The van der Waals surface area contributed by atoms with E-state index in [2.05, 4.69) is 10.1 Å². The molecule has 3 rings (SSSR count). The van der Waals surface area contributed by atoms with E-state index in [0.717, 1.165) is 4.90 Å². The minimum Gasteiger partial charge on any atom is -0.459 e. The van der Waals surface area contributed by atoms with Crippen molar-refractivity contribution >= 4 is 29.6 Å². The van der Waals surface area contributed by atoms with E-state index in [1.807, 2.05) is 0 Å². The van der Waals surface area contributed by atoms with Crippen LogP contribution in [0.15, 0.2) is 47.1 Å². The molecule has 26 heavy (non-hydrogen) atoms.